The Kier molecular flexibility index (Phi) is 12.3. The van der Waals surface area contributed by atoms with E-state index in [9.17, 15) is 30.4 Å². The number of rotatable bonds is 7. The number of alkyl halides is 2. The summed E-state index contributed by atoms with van der Waals surface area (Å²) < 4.78 is 91.0. The number of hydrogen-bond acceptors (Lipinski definition) is 12. The van der Waals surface area contributed by atoms with Crippen molar-refractivity contribution >= 4 is 43.4 Å². The van der Waals surface area contributed by atoms with Crippen LogP contribution in [0.3, 0.4) is 0 Å². The van der Waals surface area contributed by atoms with Crippen LogP contribution in [0.1, 0.15) is 17.6 Å². The molecule has 0 unspecified atom stereocenters. The molecule has 0 radical (unpaired) electrons. The van der Waals surface area contributed by atoms with Crippen LogP contribution in [0, 0.1) is 0 Å². The van der Waals surface area contributed by atoms with Gasteiger partial charge >= 0.3 is 6.09 Å². The number of halogens is 3. The second-order valence-corrected chi connectivity index (χ2v) is 13.7. The second-order valence-electron chi connectivity index (χ2n) is 10.3. The Morgan fingerprint density at radius 2 is 1.72 bits per heavy atom. The Hall–Kier alpha value is -3.63. The maximum Gasteiger partial charge on any atom is 0.412 e. The van der Waals surface area contributed by atoms with E-state index >= 15 is 0 Å². The number of sulfonamides is 1. The topological polar surface area (TPSA) is 189 Å². The Morgan fingerprint density at radius 1 is 1.09 bits per heavy atom. The first-order chi connectivity index (χ1) is 21.1. The minimum atomic E-state index is -3.67. The molecule has 2 fully saturated rings. The Labute approximate surface area is 263 Å². The van der Waals surface area contributed by atoms with Crippen molar-refractivity contribution in [2.75, 3.05) is 82.3 Å². The van der Waals surface area contributed by atoms with Crippen molar-refractivity contribution in [3.05, 3.63) is 35.7 Å². The number of carbonyl (C=O) groups excluding carboxylic acids is 1. The number of pyridine rings is 1. The summed E-state index contributed by atoms with van der Waals surface area (Å²) in [5, 5.41) is 6.86. The summed E-state index contributed by atoms with van der Waals surface area (Å²) in [5.74, 6) is 0.559. The van der Waals surface area contributed by atoms with Crippen LogP contribution in [0.2, 0.25) is 0 Å². The molecule has 3 aromatic rings. The summed E-state index contributed by atoms with van der Waals surface area (Å²) in [7, 11) is -5.73. The van der Waals surface area contributed by atoms with Crippen molar-refractivity contribution in [3.63, 3.8) is 0 Å². The lowest BCUT2D eigenvalue weighted by Crippen LogP contribution is -2.47. The van der Waals surface area contributed by atoms with Crippen LogP contribution in [-0.4, -0.2) is 128 Å². The molecule has 5 heterocycles. The van der Waals surface area contributed by atoms with Gasteiger partial charge in [0.2, 0.25) is 10.0 Å². The summed E-state index contributed by atoms with van der Waals surface area (Å²) in [6, 6.07) is 3.04. The van der Waals surface area contributed by atoms with E-state index in [1.807, 2.05) is 17.2 Å². The third kappa shape index (κ3) is 9.93. The number of nitrogens with one attached hydrogen (secondary N) is 1. The molecule has 1 amide bonds. The molecule has 0 bridgehead atoms. The van der Waals surface area contributed by atoms with Crippen LogP contribution in [0.4, 0.5) is 29.9 Å². The van der Waals surface area contributed by atoms with E-state index in [0.717, 1.165) is 18.7 Å². The smallest absolute Gasteiger partial charge is 0.412 e. The molecule has 256 valence electrons. The number of aromatic nitrogens is 4. The molecule has 2 aliphatic heterocycles. The van der Waals surface area contributed by atoms with Gasteiger partial charge in [-0.1, -0.05) is 0 Å². The summed E-state index contributed by atoms with van der Waals surface area (Å²) in [5.41, 5.74) is 1.29. The average molecular weight is 697 g/mol. The predicted molar refractivity (Wildman–Crippen MR) is 162 cm³/mol. The van der Waals surface area contributed by atoms with Gasteiger partial charge in [0.1, 0.15) is 11.3 Å². The highest BCUT2D eigenvalue weighted by atomic mass is 32.2. The van der Waals surface area contributed by atoms with Crippen molar-refractivity contribution in [3.8, 4) is 11.4 Å². The first-order valence-corrected chi connectivity index (χ1v) is 17.3. The van der Waals surface area contributed by atoms with Crippen LogP contribution >= 0.6 is 0 Å². The molecule has 2 saturated heterocycles. The van der Waals surface area contributed by atoms with Gasteiger partial charge < -0.3 is 14.4 Å². The number of anilines is 2. The number of carbonyl (C=O) groups is 1. The van der Waals surface area contributed by atoms with Crippen molar-refractivity contribution in [2.45, 2.75) is 13.0 Å². The van der Waals surface area contributed by atoms with Gasteiger partial charge in [-0.05, 0) is 17.7 Å². The molecule has 0 aliphatic carbocycles. The Balaban J connectivity index is 0.000000892. The minimum absolute atomic E-state index is 0. The van der Waals surface area contributed by atoms with Crippen LogP contribution in [0.15, 0.2) is 24.5 Å². The molecule has 2 N–H and O–H groups in total. The van der Waals surface area contributed by atoms with Crippen molar-refractivity contribution in [1.82, 2.24) is 28.8 Å². The molecule has 5 rings (SSSR count). The van der Waals surface area contributed by atoms with Crippen molar-refractivity contribution < 1.29 is 49.1 Å². The Morgan fingerprint density at radius 3 is 2.28 bits per heavy atom. The zero-order valence-electron chi connectivity index (χ0n) is 25.2. The fourth-order valence-corrected chi connectivity index (χ4v) is 5.61. The molecule has 16 nitrogen and oxygen atoms in total. The predicted octanol–water partition coefficient (Wildman–Crippen LogP) is 1.48. The molecular formula is C25H35F3N8O8S2. The molecular weight excluding hydrogens is 661 g/mol. The fraction of sp³-hybridized carbons (Fsp3) is 0.520. The maximum atomic E-state index is 14.1. The van der Waals surface area contributed by atoms with Gasteiger partial charge in [0, 0.05) is 69.3 Å². The summed E-state index contributed by atoms with van der Waals surface area (Å²) in [6.45, 7) is 4.71. The second kappa shape index (κ2) is 15.3. The van der Waals surface area contributed by atoms with Gasteiger partial charge in [-0.15, -0.1) is 5.10 Å². The minimum Gasteiger partial charge on any atom is -0.453 e. The number of piperazine rings is 1. The van der Waals surface area contributed by atoms with E-state index in [4.69, 9.17) is 14.3 Å². The summed E-state index contributed by atoms with van der Waals surface area (Å²) in [4.78, 5) is 24.5. The van der Waals surface area contributed by atoms with Crippen LogP contribution < -0.4 is 10.2 Å². The molecule has 0 aromatic carbocycles. The third-order valence-corrected chi connectivity index (χ3v) is 8.15. The van der Waals surface area contributed by atoms with E-state index in [1.165, 1.54) is 16.8 Å². The van der Waals surface area contributed by atoms with Gasteiger partial charge in [0.25, 0.3) is 16.5 Å². The molecule has 46 heavy (non-hydrogen) atoms. The van der Waals surface area contributed by atoms with E-state index in [2.05, 4.69) is 25.0 Å². The van der Waals surface area contributed by atoms with Crippen molar-refractivity contribution in [2.24, 2.45) is 0 Å². The first-order valence-electron chi connectivity index (χ1n) is 13.6. The van der Waals surface area contributed by atoms with E-state index < -0.39 is 32.7 Å². The molecule has 0 spiro atoms. The van der Waals surface area contributed by atoms with E-state index in [1.54, 1.807) is 4.52 Å². The van der Waals surface area contributed by atoms with Crippen LogP contribution in [0.25, 0.3) is 16.9 Å². The molecule has 0 atom stereocenters. The molecule has 0 saturated carbocycles. The number of nitrogens with zero attached hydrogens (tertiary/aromatic N) is 7. The van der Waals surface area contributed by atoms with Crippen molar-refractivity contribution in [1.29, 1.82) is 0 Å². The number of morpholine rings is 1. The molecule has 3 aromatic heterocycles. The quantitative estimate of drug-likeness (QED) is 0.339. The van der Waals surface area contributed by atoms with Crippen LogP contribution in [-0.2, 0) is 36.2 Å². The zero-order chi connectivity index (χ0) is 32.9. The molecule has 21 heteroatoms. The van der Waals surface area contributed by atoms with Gasteiger partial charge in [-0.3, -0.25) is 19.5 Å². The normalized spacial score (nSPS) is 16.5. The van der Waals surface area contributed by atoms with Gasteiger partial charge in [0.05, 0.1) is 32.8 Å². The fourth-order valence-electron chi connectivity index (χ4n) is 4.79. The summed E-state index contributed by atoms with van der Waals surface area (Å²) in [6.07, 6.45) is 1.26. The largest absolute Gasteiger partial charge is 0.453 e. The average Bonchev–Trinajstić information content (AvgIpc) is 3.38. The number of hydrogen-bond donors (Lipinski definition) is 2. The zero-order valence-corrected chi connectivity index (χ0v) is 26.8. The Bertz CT molecular complexity index is 1720. The standard InChI is InChI=1S/C24H30F2N8O5S.CH4O3S.FH/c1-38-24(35)28-20-12-17(21(25)26)18(13-27-20)22-29-23(32-7-9-39-10-8-32)19-11-16(15-34(19)30-22)14-31-3-5-33(6-4-31)40(2,36)37;1-5(2,3)4;/h11-13,15,21H,3-10,14H2,1-2H3,(H,27,28,35);1H3,(H,2,3,4);1H. The highest BCUT2D eigenvalue weighted by Gasteiger charge is 2.26. The number of amides is 1. The SMILES string of the molecule is COC(=O)Nc1cc(C(F)F)c(-c2nc(N3CCOCC3)c3cc(CN4CCN(S(C)(=O)=O)CC4)cn3n2)cn1.CS(=O)(=O)O.F. The first kappa shape index (κ1) is 36.8. The van der Waals surface area contributed by atoms with Gasteiger partial charge in [0.15, 0.2) is 11.6 Å². The molecule has 2 aliphatic rings. The lowest BCUT2D eigenvalue weighted by atomic mass is 10.1. The highest BCUT2D eigenvalue weighted by Crippen LogP contribution is 2.33. The van der Waals surface area contributed by atoms with Crippen LogP contribution in [0.5, 0.6) is 0 Å². The third-order valence-electron chi connectivity index (χ3n) is 6.84. The number of fused-ring (bicyclic) bond motifs is 1. The maximum absolute atomic E-state index is 14.1. The highest BCUT2D eigenvalue weighted by molar-refractivity contribution is 7.88. The monoisotopic (exact) mass is 696 g/mol. The number of methoxy groups -OCH3 is 1. The number of ether oxygens (including phenoxy) is 2. The van der Waals surface area contributed by atoms with Gasteiger partial charge in [-0.25, -0.2) is 36.5 Å². The lowest BCUT2D eigenvalue weighted by Gasteiger charge is -2.32. The van der Waals surface area contributed by atoms with E-state index in [0.29, 0.717) is 76.6 Å². The van der Waals surface area contributed by atoms with Gasteiger partial charge in [-0.2, -0.15) is 12.7 Å². The lowest BCUT2D eigenvalue weighted by molar-refractivity contribution is 0.122. The van der Waals surface area contributed by atoms with E-state index in [-0.39, 0.29) is 27.5 Å². The summed E-state index contributed by atoms with van der Waals surface area (Å²) >= 11 is 0.